The number of aliphatic imine (C=N–C) groups is 1. The molecule has 1 saturated carbocycles. The fourth-order valence-electron chi connectivity index (χ4n) is 2.29. The van der Waals surface area contributed by atoms with Crippen molar-refractivity contribution < 1.29 is 27.8 Å². The van der Waals surface area contributed by atoms with Gasteiger partial charge in [0.15, 0.2) is 16.6 Å². The number of rotatable bonds is 7. The molecular weight excluding hydrogens is 413 g/mol. The van der Waals surface area contributed by atoms with E-state index in [1.165, 1.54) is 12.1 Å². The number of amides is 1. The topological polar surface area (TPSA) is 136 Å². The van der Waals surface area contributed by atoms with E-state index in [1.54, 1.807) is 6.07 Å². The Morgan fingerprint density at radius 2 is 2.24 bits per heavy atom. The first-order valence-electron chi connectivity index (χ1n) is 8.15. The second-order valence-electron chi connectivity index (χ2n) is 5.92. The van der Waals surface area contributed by atoms with Crippen LogP contribution in [0.3, 0.4) is 0 Å². The monoisotopic (exact) mass is 426 g/mol. The van der Waals surface area contributed by atoms with Crippen LogP contribution < -0.4 is 10.8 Å². The van der Waals surface area contributed by atoms with Crippen LogP contribution >= 0.6 is 11.8 Å². The van der Waals surface area contributed by atoms with E-state index in [1.807, 2.05) is 5.48 Å². The maximum absolute atomic E-state index is 13.4. The van der Waals surface area contributed by atoms with Crippen LogP contribution in [0.25, 0.3) is 0 Å². The van der Waals surface area contributed by atoms with Gasteiger partial charge in [0.05, 0.1) is 11.3 Å². The highest BCUT2D eigenvalue weighted by Gasteiger charge is 2.61. The number of nitrogens with zero attached hydrogens (tertiary/aromatic N) is 4. The number of hydrogen-bond donors (Lipinski definition) is 3. The molecule has 0 unspecified atom stereocenters. The third-order valence-corrected chi connectivity index (χ3v) is 4.83. The maximum atomic E-state index is 13.4. The molecule has 1 aromatic carbocycles. The van der Waals surface area contributed by atoms with Crippen molar-refractivity contribution in [1.82, 2.24) is 21.1 Å². The summed E-state index contributed by atoms with van der Waals surface area (Å²) in [7, 11) is 0. The molecule has 1 heterocycles. The average molecular weight is 426 g/mol. The van der Waals surface area contributed by atoms with Crippen molar-refractivity contribution in [3.63, 3.8) is 0 Å². The first kappa shape index (κ1) is 20.6. The van der Waals surface area contributed by atoms with Gasteiger partial charge in [0.1, 0.15) is 17.8 Å². The van der Waals surface area contributed by atoms with Crippen LogP contribution in [-0.4, -0.2) is 45.5 Å². The zero-order chi connectivity index (χ0) is 21.0. The lowest BCUT2D eigenvalue weighted by molar-refractivity contribution is -0.124. The van der Waals surface area contributed by atoms with Gasteiger partial charge < -0.3 is 5.32 Å². The molecule has 0 bridgehead atoms. The Bertz CT molecular complexity index is 991. The molecule has 1 atom stereocenters. The number of nitriles is 1. The average Bonchev–Trinajstić information content (AvgIpc) is 3.11. The Morgan fingerprint density at radius 1 is 1.48 bits per heavy atom. The van der Waals surface area contributed by atoms with Gasteiger partial charge in [0.25, 0.3) is 5.92 Å². The zero-order valence-corrected chi connectivity index (χ0v) is 15.3. The minimum absolute atomic E-state index is 0.0281. The van der Waals surface area contributed by atoms with Gasteiger partial charge in [-0.25, -0.2) is 22.8 Å². The molecule has 3 rings (SSSR count). The summed E-state index contributed by atoms with van der Waals surface area (Å²) in [6.07, 6.45) is -0.442. The largest absolute Gasteiger partial charge is 0.355 e. The lowest BCUT2D eigenvalue weighted by Gasteiger charge is -2.05. The first-order chi connectivity index (χ1) is 13.9. The second kappa shape index (κ2) is 8.50. The lowest BCUT2D eigenvalue weighted by atomic mass is 10.2. The summed E-state index contributed by atoms with van der Waals surface area (Å²) in [5.74, 6) is -5.54. The Hall–Kier alpha value is -3.11. The summed E-state index contributed by atoms with van der Waals surface area (Å²) in [5, 5.41) is 28.1. The molecule has 29 heavy (non-hydrogen) atoms. The Balaban J connectivity index is 1.63. The predicted molar refractivity (Wildman–Crippen MR) is 93.3 cm³/mol. The van der Waals surface area contributed by atoms with E-state index in [4.69, 9.17) is 5.26 Å². The van der Waals surface area contributed by atoms with E-state index in [-0.39, 0.29) is 40.1 Å². The molecule has 2 aromatic rings. The van der Waals surface area contributed by atoms with Crippen LogP contribution in [0.15, 0.2) is 32.8 Å². The number of hydrogen-bond acceptors (Lipinski definition) is 8. The van der Waals surface area contributed by atoms with E-state index < -0.39 is 30.0 Å². The van der Waals surface area contributed by atoms with E-state index in [2.05, 4.69) is 25.3 Å². The second-order valence-corrected chi connectivity index (χ2v) is 7.01. The number of hydroxylamine groups is 1. The molecule has 13 heteroatoms. The number of alkyl halides is 2. The van der Waals surface area contributed by atoms with Crippen molar-refractivity contribution in [2.24, 2.45) is 10.9 Å². The normalized spacial score (nSPS) is 17.5. The van der Waals surface area contributed by atoms with Gasteiger partial charge in [-0.3, -0.25) is 15.5 Å². The van der Waals surface area contributed by atoms with Crippen molar-refractivity contribution in [3.8, 4) is 6.07 Å². The third kappa shape index (κ3) is 4.84. The number of aromatic nitrogens is 2. The standard InChI is InChI=1S/C16H13F3N6O3S/c17-11-2-1-9(5-8(11)7-20)22-13(23-27)12-15(25-28-24-12)29-4-3-21-14(26)10-6-16(10,18)19/h1-2,5,10,27H,3-4,6H2,(H,21,26)(H,22,23)/t10-/m1/s1. The van der Waals surface area contributed by atoms with Crippen LogP contribution in [0.4, 0.5) is 18.9 Å². The van der Waals surface area contributed by atoms with Gasteiger partial charge in [-0.2, -0.15) is 5.26 Å². The van der Waals surface area contributed by atoms with Gasteiger partial charge in [-0.05, 0) is 28.5 Å². The summed E-state index contributed by atoms with van der Waals surface area (Å²) in [6, 6.07) is 5.19. The summed E-state index contributed by atoms with van der Waals surface area (Å²) < 4.78 is 43.7. The fourth-order valence-corrected chi connectivity index (χ4v) is 3.05. The summed E-state index contributed by atoms with van der Waals surface area (Å²) in [4.78, 5) is 15.6. The number of thioether (sulfide) groups is 1. The summed E-state index contributed by atoms with van der Waals surface area (Å²) in [5.41, 5.74) is 1.79. The highest BCUT2D eigenvalue weighted by atomic mass is 32.2. The van der Waals surface area contributed by atoms with Crippen molar-refractivity contribution in [3.05, 3.63) is 35.3 Å². The van der Waals surface area contributed by atoms with Crippen LogP contribution in [-0.2, 0) is 4.79 Å². The van der Waals surface area contributed by atoms with E-state index in [0.717, 1.165) is 17.8 Å². The fraction of sp³-hybridized carbons (Fsp3) is 0.312. The third-order valence-electron chi connectivity index (χ3n) is 3.88. The Labute approximate surface area is 165 Å². The minimum atomic E-state index is -2.93. The molecule has 3 N–H and O–H groups in total. The van der Waals surface area contributed by atoms with Crippen molar-refractivity contribution >= 4 is 29.2 Å². The molecule has 1 amide bonds. The highest BCUT2D eigenvalue weighted by molar-refractivity contribution is 7.99. The van der Waals surface area contributed by atoms with Gasteiger partial charge in [-0.15, -0.1) is 0 Å². The van der Waals surface area contributed by atoms with Crippen molar-refractivity contribution in [1.29, 1.82) is 5.26 Å². The van der Waals surface area contributed by atoms with E-state index in [9.17, 15) is 23.2 Å². The highest BCUT2D eigenvalue weighted by Crippen LogP contribution is 2.48. The number of amidine groups is 1. The smallest absolute Gasteiger partial charge is 0.260 e. The summed E-state index contributed by atoms with van der Waals surface area (Å²) in [6.45, 7) is 0.102. The molecular formula is C16H13F3N6O3S. The van der Waals surface area contributed by atoms with Crippen LogP contribution in [0, 0.1) is 23.1 Å². The Kier molecular flexibility index (Phi) is 6.04. The van der Waals surface area contributed by atoms with Gasteiger partial charge in [-0.1, -0.05) is 11.8 Å². The molecule has 1 aliphatic rings. The quantitative estimate of drug-likeness (QED) is 0.201. The van der Waals surface area contributed by atoms with Crippen LogP contribution in [0.1, 0.15) is 17.7 Å². The minimum Gasteiger partial charge on any atom is -0.355 e. The number of halogens is 3. The van der Waals surface area contributed by atoms with Crippen LogP contribution in [0.2, 0.25) is 0 Å². The molecule has 0 radical (unpaired) electrons. The molecule has 152 valence electrons. The molecule has 1 fully saturated rings. The Morgan fingerprint density at radius 3 is 2.90 bits per heavy atom. The maximum Gasteiger partial charge on any atom is 0.260 e. The van der Waals surface area contributed by atoms with Crippen molar-refractivity contribution in [2.75, 3.05) is 12.3 Å². The molecule has 1 aromatic heterocycles. The van der Waals surface area contributed by atoms with Gasteiger partial charge >= 0.3 is 0 Å². The molecule has 0 saturated heterocycles. The SMILES string of the molecule is N#Cc1cc(N=C(NO)c2nonc2SCCNC(=O)[C@H]2CC2(F)F)ccc1F. The van der Waals surface area contributed by atoms with E-state index >= 15 is 0 Å². The number of carbonyl (C=O) groups is 1. The van der Waals surface area contributed by atoms with Gasteiger partial charge in [0.2, 0.25) is 5.91 Å². The zero-order valence-electron chi connectivity index (χ0n) is 14.5. The molecule has 0 aliphatic heterocycles. The first-order valence-corrected chi connectivity index (χ1v) is 9.14. The predicted octanol–water partition coefficient (Wildman–Crippen LogP) is 2.00. The number of carbonyl (C=O) groups excluding carboxylic acids is 1. The van der Waals surface area contributed by atoms with Crippen molar-refractivity contribution in [2.45, 2.75) is 17.4 Å². The molecule has 1 aliphatic carbocycles. The van der Waals surface area contributed by atoms with Gasteiger partial charge in [0, 0.05) is 18.7 Å². The van der Waals surface area contributed by atoms with Crippen LogP contribution in [0.5, 0.6) is 0 Å². The molecule has 0 spiro atoms. The molecule has 9 nitrogen and oxygen atoms in total. The summed E-state index contributed by atoms with van der Waals surface area (Å²) >= 11 is 1.08. The number of benzene rings is 1. The lowest BCUT2D eigenvalue weighted by Crippen LogP contribution is -2.29. The van der Waals surface area contributed by atoms with E-state index in [0.29, 0.717) is 0 Å². The number of nitrogens with one attached hydrogen (secondary N) is 2.